The van der Waals surface area contributed by atoms with Crippen LogP contribution in [0.15, 0.2) is 11.6 Å². The van der Waals surface area contributed by atoms with E-state index in [1.165, 1.54) is 45.4 Å². The quantitative estimate of drug-likeness (QED) is 0.532. The zero-order valence-electron chi connectivity index (χ0n) is 20.4. The van der Waals surface area contributed by atoms with Crippen LogP contribution in [0.1, 0.15) is 86.0 Å². The lowest BCUT2D eigenvalue weighted by Crippen LogP contribution is -2.62. The summed E-state index contributed by atoms with van der Waals surface area (Å²) in [6.45, 7) is 11.9. The fourth-order valence-electron chi connectivity index (χ4n) is 9.25. The number of carbonyl (C=O) groups is 2. The highest BCUT2D eigenvalue weighted by atomic mass is 16.7. The van der Waals surface area contributed by atoms with E-state index in [-0.39, 0.29) is 29.4 Å². The number of hydrogen-bond acceptors (Lipinski definition) is 5. The Morgan fingerprint density at radius 2 is 1.81 bits per heavy atom. The van der Waals surface area contributed by atoms with Gasteiger partial charge in [0.05, 0.1) is 6.10 Å². The second kappa shape index (κ2) is 7.58. The molecule has 2 heterocycles. The van der Waals surface area contributed by atoms with E-state index in [9.17, 15) is 9.59 Å². The van der Waals surface area contributed by atoms with Gasteiger partial charge in [0.25, 0.3) is 0 Å². The molecule has 5 aliphatic rings. The van der Waals surface area contributed by atoms with Crippen LogP contribution in [0.25, 0.3) is 0 Å². The van der Waals surface area contributed by atoms with Crippen molar-refractivity contribution in [1.82, 2.24) is 0 Å². The number of esters is 2. The second-order valence-electron chi connectivity index (χ2n) is 12.5. The monoisotopic (exact) mass is 444 g/mol. The van der Waals surface area contributed by atoms with Crippen LogP contribution >= 0.6 is 0 Å². The third kappa shape index (κ3) is 3.36. The second-order valence-corrected chi connectivity index (χ2v) is 12.5. The van der Waals surface area contributed by atoms with Gasteiger partial charge in [-0.25, -0.2) is 4.79 Å². The maximum absolute atomic E-state index is 11.9. The normalized spacial score (nSPS) is 47.4. The van der Waals surface area contributed by atoms with Crippen molar-refractivity contribution in [1.29, 1.82) is 0 Å². The summed E-state index contributed by atoms with van der Waals surface area (Å²) in [7, 11) is 0. The molecule has 2 aliphatic heterocycles. The van der Waals surface area contributed by atoms with Crippen molar-refractivity contribution in [2.45, 2.75) is 98.4 Å². The summed E-state index contributed by atoms with van der Waals surface area (Å²) < 4.78 is 17.3. The summed E-state index contributed by atoms with van der Waals surface area (Å²) in [5, 5.41) is 0. The first-order chi connectivity index (χ1) is 15.0. The Morgan fingerprint density at radius 1 is 1.03 bits per heavy atom. The molecule has 0 amide bonds. The van der Waals surface area contributed by atoms with E-state index in [2.05, 4.69) is 27.7 Å². The molecule has 4 fully saturated rings. The maximum atomic E-state index is 11.9. The van der Waals surface area contributed by atoms with Crippen LogP contribution < -0.4 is 0 Å². The van der Waals surface area contributed by atoms with Gasteiger partial charge in [-0.2, -0.15) is 0 Å². The first-order valence-corrected chi connectivity index (χ1v) is 12.7. The van der Waals surface area contributed by atoms with Gasteiger partial charge in [-0.15, -0.1) is 0 Å². The lowest BCUT2D eigenvalue weighted by atomic mass is 9.38. The third-order valence-electron chi connectivity index (χ3n) is 10.5. The zero-order chi connectivity index (χ0) is 22.9. The fraction of sp³-hybridized carbons (Fsp3) is 0.852. The van der Waals surface area contributed by atoms with Crippen molar-refractivity contribution in [3.63, 3.8) is 0 Å². The number of fused-ring (bicyclic) bond motifs is 5. The summed E-state index contributed by atoms with van der Waals surface area (Å²) in [5.41, 5.74) is 1.88. The Morgan fingerprint density at radius 3 is 2.50 bits per heavy atom. The number of cyclic esters (lactones) is 1. The van der Waals surface area contributed by atoms with E-state index in [0.29, 0.717) is 29.3 Å². The zero-order valence-corrected chi connectivity index (χ0v) is 20.4. The number of hydrogen-bond donors (Lipinski definition) is 0. The van der Waals surface area contributed by atoms with Crippen LogP contribution in [-0.4, -0.2) is 30.9 Å². The molecule has 3 aliphatic carbocycles. The summed E-state index contributed by atoms with van der Waals surface area (Å²) in [6, 6.07) is 0. The van der Waals surface area contributed by atoms with E-state index in [1.807, 2.05) is 0 Å². The molecule has 5 rings (SSSR count). The Bertz CT molecular complexity index is 830. The molecule has 8 atom stereocenters. The molecular formula is C27H40O5. The average Bonchev–Trinajstić information content (AvgIpc) is 3.13. The van der Waals surface area contributed by atoms with Crippen molar-refractivity contribution >= 4 is 11.9 Å². The van der Waals surface area contributed by atoms with Crippen molar-refractivity contribution in [2.24, 2.45) is 39.9 Å². The topological polar surface area (TPSA) is 61.8 Å². The highest BCUT2D eigenvalue weighted by Crippen LogP contribution is 2.70. The standard InChI is InChI=1S/C27H40O5/c1-16(28)31-24-18-7-8-22-26(4,12-9-21-25(2,3)10-6-11-27(21,22)5)19(18)14-20(32-24)17-13-23(29)30-15-17/h13,18-22,24H,6-12,14-15H2,1-5H3/t18-,19+,20+,21-,22-,24+,26-,27-/m0/s1. The molecule has 0 unspecified atom stereocenters. The summed E-state index contributed by atoms with van der Waals surface area (Å²) >= 11 is 0. The largest absolute Gasteiger partial charge is 0.458 e. The molecule has 5 nitrogen and oxygen atoms in total. The highest BCUT2D eigenvalue weighted by molar-refractivity contribution is 5.85. The van der Waals surface area contributed by atoms with E-state index >= 15 is 0 Å². The van der Waals surface area contributed by atoms with E-state index in [1.54, 1.807) is 6.08 Å². The van der Waals surface area contributed by atoms with Gasteiger partial charge in [0.2, 0.25) is 6.29 Å². The van der Waals surface area contributed by atoms with Gasteiger partial charge < -0.3 is 14.2 Å². The molecule has 0 radical (unpaired) electrons. The summed E-state index contributed by atoms with van der Waals surface area (Å²) in [6.07, 6.45) is 10.5. The van der Waals surface area contributed by atoms with Crippen molar-refractivity contribution in [3.05, 3.63) is 11.6 Å². The Labute approximate surface area is 192 Å². The minimum atomic E-state index is -0.529. The number of carbonyl (C=O) groups excluding carboxylic acids is 2. The lowest BCUT2D eigenvalue weighted by molar-refractivity contribution is -0.268. The molecule has 0 aromatic heterocycles. The summed E-state index contributed by atoms with van der Waals surface area (Å²) in [5.74, 6) is 1.53. The highest BCUT2D eigenvalue weighted by Gasteiger charge is 2.64. The van der Waals surface area contributed by atoms with Gasteiger partial charge in [-0.05, 0) is 78.9 Å². The minimum absolute atomic E-state index is 0.200. The molecule has 0 aromatic carbocycles. The first kappa shape index (κ1) is 22.4. The predicted molar refractivity (Wildman–Crippen MR) is 120 cm³/mol. The predicted octanol–water partition coefficient (Wildman–Crippen LogP) is 5.42. The Hall–Kier alpha value is -1.36. The Balaban J connectivity index is 1.49. The maximum Gasteiger partial charge on any atom is 0.331 e. The van der Waals surface area contributed by atoms with Crippen LogP contribution in [0.4, 0.5) is 0 Å². The van der Waals surface area contributed by atoms with Crippen LogP contribution in [0.5, 0.6) is 0 Å². The van der Waals surface area contributed by atoms with Crippen molar-refractivity contribution in [3.8, 4) is 0 Å². The first-order valence-electron chi connectivity index (χ1n) is 12.7. The van der Waals surface area contributed by atoms with E-state index in [0.717, 1.165) is 24.3 Å². The number of rotatable bonds is 2. The fourth-order valence-corrected chi connectivity index (χ4v) is 9.25. The Kier molecular flexibility index (Phi) is 5.31. The molecule has 1 saturated heterocycles. The van der Waals surface area contributed by atoms with Crippen LogP contribution in [0.2, 0.25) is 0 Å². The molecule has 5 heteroatoms. The van der Waals surface area contributed by atoms with Crippen molar-refractivity contribution < 1.29 is 23.8 Å². The van der Waals surface area contributed by atoms with E-state index in [4.69, 9.17) is 14.2 Å². The third-order valence-corrected chi connectivity index (χ3v) is 10.5. The average molecular weight is 445 g/mol. The molecule has 0 bridgehead atoms. The smallest absolute Gasteiger partial charge is 0.331 e. The van der Waals surface area contributed by atoms with Crippen LogP contribution in [-0.2, 0) is 23.8 Å². The van der Waals surface area contributed by atoms with Crippen molar-refractivity contribution in [2.75, 3.05) is 6.61 Å². The van der Waals surface area contributed by atoms with Crippen LogP contribution in [0, 0.1) is 39.9 Å². The lowest BCUT2D eigenvalue weighted by Gasteiger charge is -2.67. The van der Waals surface area contributed by atoms with Gasteiger partial charge in [-0.1, -0.05) is 34.1 Å². The molecule has 0 N–H and O–H groups in total. The molecular weight excluding hydrogens is 404 g/mol. The molecule has 0 aromatic rings. The summed E-state index contributed by atoms with van der Waals surface area (Å²) in [4.78, 5) is 23.7. The molecule has 32 heavy (non-hydrogen) atoms. The van der Waals surface area contributed by atoms with Gasteiger partial charge >= 0.3 is 11.9 Å². The van der Waals surface area contributed by atoms with Gasteiger partial charge in [0.1, 0.15) is 6.61 Å². The van der Waals surface area contributed by atoms with E-state index < -0.39 is 6.29 Å². The number of ether oxygens (including phenoxy) is 3. The molecule has 3 saturated carbocycles. The van der Waals surface area contributed by atoms with Gasteiger partial charge in [0.15, 0.2) is 0 Å². The minimum Gasteiger partial charge on any atom is -0.458 e. The molecule has 0 spiro atoms. The SMILES string of the molecule is CC(=O)O[C@@H]1O[C@@H](C2=CC(=O)OC2)C[C@@H]2[C@@H]1CC[C@H]1[C@@]2(C)CC[C@H]2C(C)(C)CCC[C@]12C. The van der Waals surface area contributed by atoms with Gasteiger partial charge in [0, 0.05) is 24.5 Å². The molecule has 178 valence electrons. The van der Waals surface area contributed by atoms with Gasteiger partial charge in [-0.3, -0.25) is 4.79 Å². The van der Waals surface area contributed by atoms with Crippen LogP contribution in [0.3, 0.4) is 0 Å².